The highest BCUT2D eigenvalue weighted by Crippen LogP contribution is 2.14. The summed E-state index contributed by atoms with van der Waals surface area (Å²) in [5, 5.41) is 0. The maximum Gasteiger partial charge on any atom is 0.213 e. The van der Waals surface area contributed by atoms with Crippen molar-refractivity contribution in [2.45, 2.75) is 13.5 Å². The first kappa shape index (κ1) is 11.5. The van der Waals surface area contributed by atoms with Crippen molar-refractivity contribution in [3.8, 4) is 5.75 Å². The molecule has 88 valence electrons. The summed E-state index contributed by atoms with van der Waals surface area (Å²) in [6.07, 6.45) is 1.31. The highest BCUT2D eigenvalue weighted by molar-refractivity contribution is 5.27. The first-order valence-corrected chi connectivity index (χ1v) is 5.14. The number of pyridine rings is 1. The van der Waals surface area contributed by atoms with Gasteiger partial charge in [-0.05, 0) is 42.3 Å². The van der Waals surface area contributed by atoms with Crippen LogP contribution in [0.1, 0.15) is 11.1 Å². The number of aryl methyl sites for hydroxylation is 1. The fourth-order valence-corrected chi connectivity index (χ4v) is 1.43. The van der Waals surface area contributed by atoms with Crippen molar-refractivity contribution >= 4 is 0 Å². The summed E-state index contributed by atoms with van der Waals surface area (Å²) in [5.41, 5.74) is 1.70. The molecule has 0 aliphatic heterocycles. The van der Waals surface area contributed by atoms with Crippen LogP contribution in [0.25, 0.3) is 0 Å². The normalized spacial score (nSPS) is 10.3. The molecule has 0 saturated carbocycles. The molecule has 0 fully saturated rings. The van der Waals surface area contributed by atoms with Gasteiger partial charge in [0.15, 0.2) is 0 Å². The lowest BCUT2D eigenvalue weighted by atomic mass is 10.1. The van der Waals surface area contributed by atoms with E-state index in [9.17, 15) is 8.78 Å². The van der Waals surface area contributed by atoms with Crippen molar-refractivity contribution < 1.29 is 13.5 Å². The average molecular weight is 235 g/mol. The standard InChI is InChI=1S/C13H11F2NO/c1-9-6-11(14)3-2-10(9)8-17-12-4-5-13(15)16-7-12/h2-7H,8H2,1H3. The fraction of sp³-hybridized carbons (Fsp3) is 0.154. The zero-order valence-electron chi connectivity index (χ0n) is 9.28. The monoisotopic (exact) mass is 235 g/mol. The summed E-state index contributed by atoms with van der Waals surface area (Å²) in [4.78, 5) is 3.48. The number of hydrogen-bond acceptors (Lipinski definition) is 2. The maximum absolute atomic E-state index is 12.9. The zero-order valence-corrected chi connectivity index (χ0v) is 9.28. The van der Waals surface area contributed by atoms with Crippen LogP contribution >= 0.6 is 0 Å². The molecule has 0 bridgehead atoms. The van der Waals surface area contributed by atoms with Crippen molar-refractivity contribution in [2.24, 2.45) is 0 Å². The zero-order chi connectivity index (χ0) is 12.3. The summed E-state index contributed by atoms with van der Waals surface area (Å²) in [7, 11) is 0. The minimum Gasteiger partial charge on any atom is -0.487 e. The lowest BCUT2D eigenvalue weighted by Crippen LogP contribution is -1.99. The first-order valence-electron chi connectivity index (χ1n) is 5.14. The van der Waals surface area contributed by atoms with Crippen molar-refractivity contribution in [1.82, 2.24) is 4.98 Å². The quantitative estimate of drug-likeness (QED) is 0.762. The van der Waals surface area contributed by atoms with Gasteiger partial charge in [0, 0.05) is 0 Å². The molecule has 0 N–H and O–H groups in total. The second-order valence-electron chi connectivity index (χ2n) is 3.68. The Morgan fingerprint density at radius 2 is 2.00 bits per heavy atom. The van der Waals surface area contributed by atoms with Gasteiger partial charge in [0.25, 0.3) is 0 Å². The first-order chi connectivity index (χ1) is 8.15. The lowest BCUT2D eigenvalue weighted by molar-refractivity contribution is 0.303. The van der Waals surface area contributed by atoms with Crippen LogP contribution < -0.4 is 4.74 Å². The molecule has 0 saturated heterocycles. The third kappa shape index (κ3) is 3.00. The van der Waals surface area contributed by atoms with Crippen LogP contribution in [0.2, 0.25) is 0 Å². The smallest absolute Gasteiger partial charge is 0.213 e. The lowest BCUT2D eigenvalue weighted by Gasteiger charge is -2.08. The molecule has 2 nitrogen and oxygen atoms in total. The molecule has 1 heterocycles. The van der Waals surface area contributed by atoms with Gasteiger partial charge < -0.3 is 4.74 Å². The molecule has 0 spiro atoms. The molecule has 1 aromatic heterocycles. The Labute approximate surface area is 97.9 Å². The van der Waals surface area contributed by atoms with E-state index in [1.807, 2.05) is 6.92 Å². The third-order valence-corrected chi connectivity index (χ3v) is 2.40. The Bertz CT molecular complexity index is 511. The molecule has 0 unspecified atom stereocenters. The number of benzene rings is 1. The molecule has 0 radical (unpaired) electrons. The molecule has 0 atom stereocenters. The highest BCUT2D eigenvalue weighted by Gasteiger charge is 2.02. The number of nitrogens with zero attached hydrogens (tertiary/aromatic N) is 1. The van der Waals surface area contributed by atoms with Gasteiger partial charge in [-0.2, -0.15) is 4.39 Å². The van der Waals surface area contributed by atoms with Gasteiger partial charge in [-0.1, -0.05) is 6.07 Å². The van der Waals surface area contributed by atoms with Gasteiger partial charge in [-0.3, -0.25) is 0 Å². The van der Waals surface area contributed by atoms with E-state index in [1.165, 1.54) is 30.5 Å². The SMILES string of the molecule is Cc1cc(F)ccc1COc1ccc(F)nc1. The van der Waals surface area contributed by atoms with Crippen molar-refractivity contribution in [3.05, 3.63) is 59.4 Å². The van der Waals surface area contributed by atoms with Gasteiger partial charge in [-0.15, -0.1) is 0 Å². The summed E-state index contributed by atoms with van der Waals surface area (Å²) < 4.78 is 30.8. The number of rotatable bonds is 3. The van der Waals surface area contributed by atoms with E-state index in [-0.39, 0.29) is 5.82 Å². The molecule has 2 aromatic rings. The Morgan fingerprint density at radius 1 is 1.18 bits per heavy atom. The van der Waals surface area contributed by atoms with Crippen LogP contribution in [0, 0.1) is 18.7 Å². The Morgan fingerprint density at radius 3 is 2.65 bits per heavy atom. The van der Waals surface area contributed by atoms with Gasteiger partial charge in [0.05, 0.1) is 6.20 Å². The molecular weight excluding hydrogens is 224 g/mol. The van der Waals surface area contributed by atoms with E-state index in [2.05, 4.69) is 4.98 Å². The van der Waals surface area contributed by atoms with Crippen LogP contribution in [0.3, 0.4) is 0 Å². The third-order valence-electron chi connectivity index (χ3n) is 2.40. The van der Waals surface area contributed by atoms with Crippen molar-refractivity contribution in [3.63, 3.8) is 0 Å². The Balaban J connectivity index is 2.04. The molecule has 0 aliphatic carbocycles. The van der Waals surface area contributed by atoms with Crippen molar-refractivity contribution in [2.75, 3.05) is 0 Å². The second kappa shape index (κ2) is 4.91. The van der Waals surface area contributed by atoms with Crippen LogP contribution in [0.5, 0.6) is 5.75 Å². The highest BCUT2D eigenvalue weighted by atomic mass is 19.1. The number of halogens is 2. The summed E-state index contributed by atoms with van der Waals surface area (Å²) >= 11 is 0. The van der Waals surface area contributed by atoms with E-state index in [4.69, 9.17) is 4.74 Å². The summed E-state index contributed by atoms with van der Waals surface area (Å²) in [5.74, 6) is -0.333. The number of hydrogen-bond donors (Lipinski definition) is 0. The van der Waals surface area contributed by atoms with Crippen LogP contribution in [0.4, 0.5) is 8.78 Å². The fourth-order valence-electron chi connectivity index (χ4n) is 1.43. The topological polar surface area (TPSA) is 22.1 Å². The number of ether oxygens (including phenoxy) is 1. The molecule has 17 heavy (non-hydrogen) atoms. The van der Waals surface area contributed by atoms with Gasteiger partial charge in [-0.25, -0.2) is 9.37 Å². The molecule has 1 aromatic carbocycles. The Kier molecular flexibility index (Phi) is 3.32. The molecule has 2 rings (SSSR count). The van der Waals surface area contributed by atoms with E-state index in [1.54, 1.807) is 6.07 Å². The summed E-state index contributed by atoms with van der Waals surface area (Å²) in [6, 6.07) is 7.23. The number of aromatic nitrogens is 1. The maximum atomic E-state index is 12.9. The second-order valence-corrected chi connectivity index (χ2v) is 3.68. The van der Waals surface area contributed by atoms with E-state index < -0.39 is 5.95 Å². The molecule has 0 aliphatic rings. The minimum atomic E-state index is -0.546. The van der Waals surface area contributed by atoms with E-state index in [0.717, 1.165) is 11.1 Å². The largest absolute Gasteiger partial charge is 0.487 e. The predicted octanol–water partition coefficient (Wildman–Crippen LogP) is 3.25. The molecular formula is C13H11F2NO. The van der Waals surface area contributed by atoms with Crippen LogP contribution in [0.15, 0.2) is 36.5 Å². The average Bonchev–Trinajstić information content (AvgIpc) is 2.30. The predicted molar refractivity (Wildman–Crippen MR) is 59.7 cm³/mol. The minimum absolute atomic E-state index is 0.269. The van der Waals surface area contributed by atoms with Crippen molar-refractivity contribution in [1.29, 1.82) is 0 Å². The van der Waals surface area contributed by atoms with Gasteiger partial charge in [0.1, 0.15) is 18.2 Å². The van der Waals surface area contributed by atoms with Gasteiger partial charge >= 0.3 is 0 Å². The van der Waals surface area contributed by atoms with Gasteiger partial charge in [0.2, 0.25) is 5.95 Å². The van der Waals surface area contributed by atoms with E-state index in [0.29, 0.717) is 12.4 Å². The van der Waals surface area contributed by atoms with E-state index >= 15 is 0 Å². The molecule has 4 heteroatoms. The van der Waals surface area contributed by atoms with Crippen LogP contribution in [-0.2, 0) is 6.61 Å². The molecule has 0 amide bonds. The van der Waals surface area contributed by atoms with Crippen LogP contribution in [-0.4, -0.2) is 4.98 Å². The summed E-state index contributed by atoms with van der Waals surface area (Å²) in [6.45, 7) is 2.12. The Hall–Kier alpha value is -1.97.